The Morgan fingerprint density at radius 1 is 1.48 bits per heavy atom. The molecule has 3 nitrogen and oxygen atoms in total. The predicted molar refractivity (Wildman–Crippen MR) is 80.3 cm³/mol. The first kappa shape index (κ1) is 14.5. The summed E-state index contributed by atoms with van der Waals surface area (Å²) in [7, 11) is 0. The smallest absolute Gasteiger partial charge is 0.224 e. The number of likely N-dealkylation sites (tertiary alicyclic amines) is 1. The van der Waals surface area contributed by atoms with Crippen molar-refractivity contribution in [2.24, 2.45) is 5.92 Å². The Morgan fingerprint density at radius 3 is 3.05 bits per heavy atom. The van der Waals surface area contributed by atoms with E-state index < -0.39 is 0 Å². The van der Waals surface area contributed by atoms with Crippen molar-refractivity contribution in [1.29, 1.82) is 0 Å². The van der Waals surface area contributed by atoms with Crippen molar-refractivity contribution < 1.29 is 9.18 Å². The van der Waals surface area contributed by atoms with E-state index in [4.69, 9.17) is 0 Å². The van der Waals surface area contributed by atoms with Crippen molar-refractivity contribution in [2.45, 2.75) is 44.7 Å². The molecule has 2 fully saturated rings. The number of carbonyl (C=O) groups excluding carboxylic acids is 1. The summed E-state index contributed by atoms with van der Waals surface area (Å²) < 4.78 is 13.5. The summed E-state index contributed by atoms with van der Waals surface area (Å²) in [5.41, 5.74) is 0.923. The molecule has 3 unspecified atom stereocenters. The van der Waals surface area contributed by atoms with Crippen LogP contribution in [0, 0.1) is 11.7 Å². The summed E-state index contributed by atoms with van der Waals surface area (Å²) in [6.07, 6.45) is 3.73. The van der Waals surface area contributed by atoms with Crippen molar-refractivity contribution in [3.05, 3.63) is 35.6 Å². The summed E-state index contributed by atoms with van der Waals surface area (Å²) >= 11 is 0. The average Bonchev–Trinajstić information content (AvgIpc) is 3.08. The highest BCUT2D eigenvalue weighted by Crippen LogP contribution is 2.36. The molecule has 0 saturated carbocycles. The topological polar surface area (TPSA) is 32.3 Å². The maximum absolute atomic E-state index is 13.5. The van der Waals surface area contributed by atoms with E-state index in [1.165, 1.54) is 6.07 Å². The molecule has 0 bridgehead atoms. The SMILES string of the molecule is CC1CC(c2cccc(F)c2)N(C(=O)CC2CCCN2)C1. The monoisotopic (exact) mass is 290 g/mol. The van der Waals surface area contributed by atoms with Gasteiger partial charge < -0.3 is 10.2 Å². The fourth-order valence-electron chi connectivity index (χ4n) is 3.61. The Bertz CT molecular complexity index is 513. The van der Waals surface area contributed by atoms with Crippen LogP contribution < -0.4 is 5.32 Å². The molecule has 4 heteroatoms. The van der Waals surface area contributed by atoms with Crippen molar-refractivity contribution in [3.8, 4) is 0 Å². The Balaban J connectivity index is 1.74. The Kier molecular flexibility index (Phi) is 4.24. The number of carbonyl (C=O) groups is 1. The van der Waals surface area contributed by atoms with E-state index in [-0.39, 0.29) is 17.8 Å². The molecule has 3 rings (SSSR count). The molecule has 0 spiro atoms. The van der Waals surface area contributed by atoms with E-state index >= 15 is 0 Å². The van der Waals surface area contributed by atoms with Gasteiger partial charge in [0.1, 0.15) is 5.82 Å². The second kappa shape index (κ2) is 6.14. The maximum atomic E-state index is 13.5. The second-order valence-corrected chi connectivity index (χ2v) is 6.46. The lowest BCUT2D eigenvalue weighted by molar-refractivity contribution is -0.132. The van der Waals surface area contributed by atoms with Gasteiger partial charge in [0.2, 0.25) is 5.91 Å². The van der Waals surface area contributed by atoms with Gasteiger partial charge in [-0.1, -0.05) is 19.1 Å². The first-order valence-corrected chi connectivity index (χ1v) is 7.92. The summed E-state index contributed by atoms with van der Waals surface area (Å²) in [4.78, 5) is 14.6. The summed E-state index contributed by atoms with van der Waals surface area (Å²) in [5.74, 6) is 0.448. The van der Waals surface area contributed by atoms with Crippen molar-refractivity contribution in [1.82, 2.24) is 10.2 Å². The van der Waals surface area contributed by atoms with E-state index in [9.17, 15) is 9.18 Å². The van der Waals surface area contributed by atoms with Crippen LogP contribution in [0.3, 0.4) is 0 Å². The normalized spacial score (nSPS) is 29.0. The van der Waals surface area contributed by atoms with Gasteiger partial charge in [0.25, 0.3) is 0 Å². The van der Waals surface area contributed by atoms with Gasteiger partial charge >= 0.3 is 0 Å². The van der Waals surface area contributed by atoms with E-state index in [1.54, 1.807) is 12.1 Å². The van der Waals surface area contributed by atoms with E-state index in [0.717, 1.165) is 37.9 Å². The van der Waals surface area contributed by atoms with E-state index in [1.807, 2.05) is 11.0 Å². The maximum Gasteiger partial charge on any atom is 0.224 e. The first-order valence-electron chi connectivity index (χ1n) is 7.92. The zero-order valence-electron chi connectivity index (χ0n) is 12.5. The third-order valence-corrected chi connectivity index (χ3v) is 4.65. The molecule has 21 heavy (non-hydrogen) atoms. The van der Waals surface area contributed by atoms with Gasteiger partial charge in [-0.3, -0.25) is 4.79 Å². The molecule has 2 aliphatic heterocycles. The highest BCUT2D eigenvalue weighted by molar-refractivity contribution is 5.77. The van der Waals surface area contributed by atoms with Crippen LogP contribution in [0.1, 0.15) is 44.2 Å². The molecule has 2 aliphatic rings. The molecular formula is C17H23FN2O. The number of amides is 1. The second-order valence-electron chi connectivity index (χ2n) is 6.46. The van der Waals surface area contributed by atoms with Crippen molar-refractivity contribution in [2.75, 3.05) is 13.1 Å². The number of nitrogens with one attached hydrogen (secondary N) is 1. The number of benzene rings is 1. The van der Waals surface area contributed by atoms with Crippen LogP contribution in [0.4, 0.5) is 4.39 Å². The lowest BCUT2D eigenvalue weighted by Crippen LogP contribution is -2.36. The van der Waals surface area contributed by atoms with Gasteiger partial charge in [-0.05, 0) is 49.4 Å². The Morgan fingerprint density at radius 2 is 2.33 bits per heavy atom. The zero-order valence-corrected chi connectivity index (χ0v) is 12.5. The molecule has 3 atom stereocenters. The van der Waals surface area contributed by atoms with Crippen LogP contribution in [0.25, 0.3) is 0 Å². The molecule has 0 radical (unpaired) electrons. The third-order valence-electron chi connectivity index (χ3n) is 4.65. The van der Waals surface area contributed by atoms with E-state index in [2.05, 4.69) is 12.2 Å². The van der Waals surface area contributed by atoms with Crippen LogP contribution in [-0.2, 0) is 4.79 Å². The molecular weight excluding hydrogens is 267 g/mol. The van der Waals surface area contributed by atoms with Crippen LogP contribution >= 0.6 is 0 Å². The molecule has 1 aromatic rings. The minimum Gasteiger partial charge on any atom is -0.335 e. The molecule has 1 amide bonds. The summed E-state index contributed by atoms with van der Waals surface area (Å²) in [6.45, 7) is 3.96. The number of hydrogen-bond acceptors (Lipinski definition) is 2. The Hall–Kier alpha value is -1.42. The fraction of sp³-hybridized carbons (Fsp3) is 0.588. The van der Waals surface area contributed by atoms with E-state index in [0.29, 0.717) is 18.4 Å². The van der Waals surface area contributed by atoms with Crippen LogP contribution in [0.5, 0.6) is 0 Å². The molecule has 114 valence electrons. The molecule has 0 aromatic heterocycles. The number of rotatable bonds is 3. The minimum atomic E-state index is -0.225. The summed E-state index contributed by atoms with van der Waals surface area (Å²) in [6, 6.07) is 7.04. The molecule has 2 heterocycles. The number of hydrogen-bond donors (Lipinski definition) is 1. The van der Waals surface area contributed by atoms with Gasteiger partial charge in [-0.25, -0.2) is 4.39 Å². The van der Waals surface area contributed by atoms with Crippen molar-refractivity contribution >= 4 is 5.91 Å². The van der Waals surface area contributed by atoms with Gasteiger partial charge in [0.15, 0.2) is 0 Å². The summed E-state index contributed by atoms with van der Waals surface area (Å²) in [5, 5.41) is 3.38. The lowest BCUT2D eigenvalue weighted by Gasteiger charge is -2.26. The zero-order chi connectivity index (χ0) is 14.8. The van der Waals surface area contributed by atoms with Crippen LogP contribution in [0.15, 0.2) is 24.3 Å². The van der Waals surface area contributed by atoms with Gasteiger partial charge in [0.05, 0.1) is 6.04 Å². The molecule has 1 aromatic carbocycles. The minimum absolute atomic E-state index is 0.0320. The fourth-order valence-corrected chi connectivity index (χ4v) is 3.61. The Labute approximate surface area is 125 Å². The third kappa shape index (κ3) is 3.26. The number of nitrogens with zero attached hydrogens (tertiary/aromatic N) is 1. The molecule has 1 N–H and O–H groups in total. The average molecular weight is 290 g/mol. The predicted octanol–water partition coefficient (Wildman–Crippen LogP) is 2.88. The van der Waals surface area contributed by atoms with Gasteiger partial charge in [-0.2, -0.15) is 0 Å². The van der Waals surface area contributed by atoms with Crippen molar-refractivity contribution in [3.63, 3.8) is 0 Å². The molecule has 0 aliphatic carbocycles. The lowest BCUT2D eigenvalue weighted by atomic mass is 10.0. The standard InChI is InChI=1S/C17H23FN2O/c1-12-8-16(13-4-2-5-14(18)9-13)20(11-12)17(21)10-15-6-3-7-19-15/h2,4-5,9,12,15-16,19H,3,6-8,10-11H2,1H3. The molecule has 2 saturated heterocycles. The largest absolute Gasteiger partial charge is 0.335 e. The highest BCUT2D eigenvalue weighted by Gasteiger charge is 2.35. The quantitative estimate of drug-likeness (QED) is 0.928. The number of halogens is 1. The highest BCUT2D eigenvalue weighted by atomic mass is 19.1. The van der Waals surface area contributed by atoms with Crippen LogP contribution in [-0.4, -0.2) is 29.9 Å². The van der Waals surface area contributed by atoms with Crippen LogP contribution in [0.2, 0.25) is 0 Å². The van der Waals surface area contributed by atoms with Gasteiger partial charge in [0, 0.05) is 19.0 Å². The van der Waals surface area contributed by atoms with Gasteiger partial charge in [-0.15, -0.1) is 0 Å². The first-order chi connectivity index (χ1) is 10.1.